The molecule has 0 aliphatic carbocycles. The Labute approximate surface area is 201 Å². The van der Waals surface area contributed by atoms with Crippen molar-refractivity contribution in [2.24, 2.45) is 7.05 Å². The lowest BCUT2D eigenvalue weighted by atomic mass is 10.1. The smallest absolute Gasteiger partial charge is 0.278 e. The molecule has 1 amide bonds. The molecule has 8 heteroatoms. The maximum atomic E-state index is 13.4. The predicted molar refractivity (Wildman–Crippen MR) is 136 cm³/mol. The van der Waals surface area contributed by atoms with Gasteiger partial charge in [0.1, 0.15) is 11.0 Å². The first-order valence-corrected chi connectivity index (χ1v) is 12.0. The number of carbonyl (C=O) groups excluding carboxylic acids is 1. The molecule has 0 aliphatic rings. The van der Waals surface area contributed by atoms with Gasteiger partial charge in [-0.25, -0.2) is 4.98 Å². The third-order valence-electron chi connectivity index (χ3n) is 5.32. The first kappa shape index (κ1) is 23.1. The lowest BCUT2D eigenvalue weighted by molar-refractivity contribution is -0.113. The average molecular weight is 481 g/mol. The number of fused-ring (bicyclic) bond motifs is 1. The normalized spacial score (nSPS) is 11.3. The minimum Gasteiger partial charge on any atom is -0.344 e. The van der Waals surface area contributed by atoms with Crippen molar-refractivity contribution in [1.82, 2.24) is 14.1 Å². The Hall–Kier alpha value is -3.03. The zero-order valence-corrected chi connectivity index (χ0v) is 20.5. The number of aromatic nitrogens is 3. The lowest BCUT2D eigenvalue weighted by Gasteiger charge is -2.16. The van der Waals surface area contributed by atoms with Gasteiger partial charge in [0.2, 0.25) is 5.91 Å². The molecule has 2 aromatic carbocycles. The van der Waals surface area contributed by atoms with E-state index >= 15 is 0 Å². The van der Waals surface area contributed by atoms with E-state index in [9.17, 15) is 9.59 Å². The molecule has 33 heavy (non-hydrogen) atoms. The monoisotopic (exact) mass is 480 g/mol. The topological polar surface area (TPSA) is 68.9 Å². The van der Waals surface area contributed by atoms with Gasteiger partial charge in [-0.2, -0.15) is 0 Å². The van der Waals surface area contributed by atoms with E-state index in [1.165, 1.54) is 11.8 Å². The number of halogens is 1. The van der Waals surface area contributed by atoms with Gasteiger partial charge in [-0.15, -0.1) is 0 Å². The van der Waals surface area contributed by atoms with Crippen LogP contribution in [0.4, 0.5) is 5.69 Å². The second-order valence-electron chi connectivity index (χ2n) is 8.20. The Balaban J connectivity index is 1.69. The molecule has 4 rings (SSSR count). The first-order valence-electron chi connectivity index (χ1n) is 10.6. The highest BCUT2D eigenvalue weighted by Gasteiger charge is 2.20. The summed E-state index contributed by atoms with van der Waals surface area (Å²) in [6, 6.07) is 15.2. The standard InChI is InChI=1S/C25H25ClN4O2S/c1-15(2)30-24(32)23-22(18(13-29(23)4)17-8-6-5-7-9-17)28-25(30)33-14-21(31)27-20-11-10-16(3)12-19(20)26/h5-13,15H,14H2,1-4H3,(H,27,31). The van der Waals surface area contributed by atoms with Gasteiger partial charge < -0.3 is 9.88 Å². The molecule has 1 N–H and O–H groups in total. The van der Waals surface area contributed by atoms with Gasteiger partial charge in [-0.05, 0) is 44.0 Å². The maximum absolute atomic E-state index is 13.4. The van der Waals surface area contributed by atoms with Gasteiger partial charge in [0, 0.05) is 24.8 Å². The molecule has 0 aliphatic heterocycles. The van der Waals surface area contributed by atoms with Crippen LogP contribution >= 0.6 is 23.4 Å². The molecule has 170 valence electrons. The Bertz CT molecular complexity index is 1390. The summed E-state index contributed by atoms with van der Waals surface area (Å²) < 4.78 is 3.47. The zero-order chi connectivity index (χ0) is 23.7. The minimum atomic E-state index is -0.216. The van der Waals surface area contributed by atoms with E-state index in [1.54, 1.807) is 16.7 Å². The van der Waals surface area contributed by atoms with Crippen molar-refractivity contribution in [1.29, 1.82) is 0 Å². The summed E-state index contributed by atoms with van der Waals surface area (Å²) in [5.41, 5.74) is 4.51. The highest BCUT2D eigenvalue weighted by molar-refractivity contribution is 7.99. The van der Waals surface area contributed by atoms with Crippen LogP contribution in [0, 0.1) is 6.92 Å². The van der Waals surface area contributed by atoms with Gasteiger partial charge in [0.15, 0.2) is 5.16 Å². The largest absolute Gasteiger partial charge is 0.344 e. The number of thioether (sulfide) groups is 1. The molecular weight excluding hydrogens is 456 g/mol. The highest BCUT2D eigenvalue weighted by Crippen LogP contribution is 2.30. The second kappa shape index (κ2) is 9.45. The fraction of sp³-hybridized carbons (Fsp3) is 0.240. The summed E-state index contributed by atoms with van der Waals surface area (Å²) in [4.78, 5) is 30.9. The summed E-state index contributed by atoms with van der Waals surface area (Å²) >= 11 is 7.48. The van der Waals surface area contributed by atoms with Crippen LogP contribution in [0.1, 0.15) is 25.5 Å². The van der Waals surface area contributed by atoms with Crippen LogP contribution in [0.2, 0.25) is 5.02 Å². The van der Waals surface area contributed by atoms with Crippen LogP contribution in [-0.2, 0) is 11.8 Å². The number of hydrogen-bond donors (Lipinski definition) is 1. The Morgan fingerprint density at radius 3 is 2.58 bits per heavy atom. The van der Waals surface area contributed by atoms with E-state index in [1.807, 2.05) is 75.0 Å². The quantitative estimate of drug-likeness (QED) is 0.285. The third kappa shape index (κ3) is 4.70. The van der Waals surface area contributed by atoms with Crippen molar-refractivity contribution in [2.45, 2.75) is 32.0 Å². The molecule has 0 fully saturated rings. The van der Waals surface area contributed by atoms with Crippen LogP contribution in [0.3, 0.4) is 0 Å². The summed E-state index contributed by atoms with van der Waals surface area (Å²) in [5, 5.41) is 3.84. The highest BCUT2D eigenvalue weighted by atomic mass is 35.5. The molecule has 2 aromatic heterocycles. The van der Waals surface area contributed by atoms with Gasteiger partial charge in [0.25, 0.3) is 5.56 Å². The van der Waals surface area contributed by atoms with Crippen molar-refractivity contribution in [3.63, 3.8) is 0 Å². The number of aryl methyl sites for hydroxylation is 2. The van der Waals surface area contributed by atoms with Crippen LogP contribution in [0.5, 0.6) is 0 Å². The first-order chi connectivity index (χ1) is 15.8. The number of anilines is 1. The SMILES string of the molecule is Cc1ccc(NC(=O)CSc2nc3c(-c4ccccc4)cn(C)c3c(=O)n2C(C)C)c(Cl)c1. The van der Waals surface area contributed by atoms with Crippen molar-refractivity contribution in [2.75, 3.05) is 11.1 Å². The number of amides is 1. The number of rotatable bonds is 6. The van der Waals surface area contributed by atoms with E-state index in [2.05, 4.69) is 5.32 Å². The van der Waals surface area contributed by atoms with Crippen molar-refractivity contribution >= 4 is 46.0 Å². The zero-order valence-electron chi connectivity index (χ0n) is 18.9. The summed E-state index contributed by atoms with van der Waals surface area (Å²) in [6.45, 7) is 5.81. The molecule has 0 atom stereocenters. The van der Waals surface area contributed by atoms with Gasteiger partial charge in [-0.1, -0.05) is 59.8 Å². The van der Waals surface area contributed by atoms with E-state index in [-0.39, 0.29) is 23.3 Å². The number of hydrogen-bond acceptors (Lipinski definition) is 4. The van der Waals surface area contributed by atoms with Gasteiger partial charge >= 0.3 is 0 Å². The van der Waals surface area contributed by atoms with Crippen LogP contribution in [-0.4, -0.2) is 25.8 Å². The lowest BCUT2D eigenvalue weighted by Crippen LogP contribution is -2.26. The maximum Gasteiger partial charge on any atom is 0.278 e. The van der Waals surface area contributed by atoms with Crippen LogP contribution in [0.25, 0.3) is 22.2 Å². The molecule has 0 saturated heterocycles. The number of carbonyl (C=O) groups is 1. The molecule has 0 unspecified atom stereocenters. The molecule has 2 heterocycles. The molecule has 0 saturated carbocycles. The molecular formula is C25H25ClN4O2S. The number of nitrogens with one attached hydrogen (secondary N) is 1. The van der Waals surface area contributed by atoms with Crippen LogP contribution < -0.4 is 10.9 Å². The molecule has 0 spiro atoms. The Morgan fingerprint density at radius 1 is 1.18 bits per heavy atom. The minimum absolute atomic E-state index is 0.0996. The van der Waals surface area contributed by atoms with Crippen LogP contribution in [0.15, 0.2) is 64.7 Å². The molecule has 0 bridgehead atoms. The van der Waals surface area contributed by atoms with E-state index < -0.39 is 0 Å². The third-order valence-corrected chi connectivity index (χ3v) is 6.59. The number of benzene rings is 2. The molecule has 0 radical (unpaired) electrons. The second-order valence-corrected chi connectivity index (χ2v) is 9.55. The fourth-order valence-corrected chi connectivity index (χ4v) is 4.96. The van der Waals surface area contributed by atoms with Crippen molar-refractivity contribution < 1.29 is 4.79 Å². The van der Waals surface area contributed by atoms with E-state index in [0.29, 0.717) is 26.9 Å². The fourth-order valence-electron chi connectivity index (χ4n) is 3.75. The average Bonchev–Trinajstić information content (AvgIpc) is 3.11. The summed E-state index contributed by atoms with van der Waals surface area (Å²) in [6.07, 6.45) is 1.93. The molecule has 4 aromatic rings. The summed E-state index contributed by atoms with van der Waals surface area (Å²) in [7, 11) is 1.86. The van der Waals surface area contributed by atoms with Crippen molar-refractivity contribution in [3.8, 4) is 11.1 Å². The van der Waals surface area contributed by atoms with E-state index in [4.69, 9.17) is 16.6 Å². The van der Waals surface area contributed by atoms with Crippen molar-refractivity contribution in [3.05, 3.63) is 75.7 Å². The molecule has 6 nitrogen and oxygen atoms in total. The predicted octanol–water partition coefficient (Wildman–Crippen LogP) is 5.68. The summed E-state index contributed by atoms with van der Waals surface area (Å²) in [5.74, 6) is -0.116. The Morgan fingerprint density at radius 2 is 1.91 bits per heavy atom. The van der Waals surface area contributed by atoms with Gasteiger partial charge in [0.05, 0.1) is 16.5 Å². The Kier molecular flexibility index (Phi) is 6.63. The van der Waals surface area contributed by atoms with Gasteiger partial charge in [-0.3, -0.25) is 14.2 Å². The van der Waals surface area contributed by atoms with E-state index in [0.717, 1.165) is 16.7 Å². The number of nitrogens with zero attached hydrogens (tertiary/aromatic N) is 3.